The molecule has 0 saturated heterocycles. The van der Waals surface area contributed by atoms with Crippen molar-refractivity contribution in [2.24, 2.45) is 0 Å². The third-order valence-electron chi connectivity index (χ3n) is 12.1. The van der Waals surface area contributed by atoms with Crippen molar-refractivity contribution in [1.82, 2.24) is 49.0 Å². The van der Waals surface area contributed by atoms with Crippen molar-refractivity contribution in [3.63, 3.8) is 0 Å². The highest BCUT2D eigenvalue weighted by molar-refractivity contribution is 6.14. The van der Waals surface area contributed by atoms with E-state index in [9.17, 15) is 18.4 Å². The average Bonchev–Trinajstić information content (AvgIpc) is 3.90. The van der Waals surface area contributed by atoms with E-state index >= 15 is 0 Å². The van der Waals surface area contributed by atoms with Crippen LogP contribution in [0.1, 0.15) is 11.1 Å². The highest BCUT2D eigenvalue weighted by Gasteiger charge is 2.34. The van der Waals surface area contributed by atoms with Crippen LogP contribution in [0.4, 0.5) is 13.2 Å². The summed E-state index contributed by atoms with van der Waals surface area (Å²) in [6.45, 7) is 0. The Morgan fingerprint density at radius 1 is 0.382 bits per heavy atom. The van der Waals surface area contributed by atoms with Gasteiger partial charge in [-0.05, 0) is 121 Å². The SMILES string of the molecule is N#Cc1cc(-n2c3ccc(-c4ncccn4)cc3c3cc(-c4ncccn4)ccc32)c(-n2c3ccc(-c4ncccn4)cc3c3cc(-c4ncccn4)ccc32)cc1-c1ccccc1C(F)(F)F. The van der Waals surface area contributed by atoms with Crippen molar-refractivity contribution in [3.05, 3.63) is 194 Å². The molecule has 0 radical (unpaired) electrons. The first-order valence-corrected chi connectivity index (χ1v) is 21.3. The van der Waals surface area contributed by atoms with E-state index in [-0.39, 0.29) is 16.7 Å². The lowest BCUT2D eigenvalue weighted by Crippen LogP contribution is -2.09. The summed E-state index contributed by atoms with van der Waals surface area (Å²) in [6, 6.07) is 41.8. The zero-order valence-corrected chi connectivity index (χ0v) is 35.4. The Hall–Kier alpha value is -9.48. The number of nitriles is 1. The molecule has 0 amide bonds. The number of hydrogen-bond acceptors (Lipinski definition) is 9. The molecule has 11 nitrogen and oxygen atoms in total. The lowest BCUT2D eigenvalue weighted by atomic mass is 9.94. The van der Waals surface area contributed by atoms with Gasteiger partial charge in [-0.2, -0.15) is 18.4 Å². The van der Waals surface area contributed by atoms with Crippen molar-refractivity contribution in [2.75, 3.05) is 0 Å². The molecule has 322 valence electrons. The molecule has 0 saturated carbocycles. The molecular weight excluding hydrogens is 860 g/mol. The van der Waals surface area contributed by atoms with Crippen molar-refractivity contribution < 1.29 is 13.2 Å². The first-order valence-electron chi connectivity index (χ1n) is 21.3. The van der Waals surface area contributed by atoms with Gasteiger partial charge in [0, 0.05) is 98.9 Å². The van der Waals surface area contributed by atoms with Crippen LogP contribution in [0.25, 0.3) is 112 Å². The minimum Gasteiger partial charge on any atom is -0.307 e. The van der Waals surface area contributed by atoms with Gasteiger partial charge >= 0.3 is 6.18 Å². The molecule has 0 aliphatic rings. The van der Waals surface area contributed by atoms with Crippen LogP contribution in [0.2, 0.25) is 0 Å². The number of hydrogen-bond donors (Lipinski definition) is 0. The third-order valence-corrected chi connectivity index (χ3v) is 12.1. The van der Waals surface area contributed by atoms with E-state index in [1.807, 2.05) is 77.4 Å². The Balaban J connectivity index is 1.22. The Bertz CT molecular complexity index is 3770. The van der Waals surface area contributed by atoms with Gasteiger partial charge in [0.15, 0.2) is 23.3 Å². The second kappa shape index (κ2) is 15.9. The van der Waals surface area contributed by atoms with Gasteiger partial charge in [-0.25, -0.2) is 39.9 Å². The Kier molecular flexibility index (Phi) is 9.36. The fourth-order valence-electron chi connectivity index (χ4n) is 9.13. The molecule has 12 rings (SSSR count). The van der Waals surface area contributed by atoms with Crippen molar-refractivity contribution in [2.45, 2.75) is 6.18 Å². The Morgan fingerprint density at radius 2 is 0.721 bits per heavy atom. The number of alkyl halides is 3. The smallest absolute Gasteiger partial charge is 0.307 e. The zero-order valence-electron chi connectivity index (χ0n) is 35.4. The second-order valence-corrected chi connectivity index (χ2v) is 15.9. The van der Waals surface area contributed by atoms with Gasteiger partial charge in [0.05, 0.1) is 50.6 Å². The van der Waals surface area contributed by atoms with Crippen molar-refractivity contribution in [1.29, 1.82) is 5.26 Å². The van der Waals surface area contributed by atoms with Crippen LogP contribution in [0.15, 0.2) is 183 Å². The normalized spacial score (nSPS) is 11.7. The van der Waals surface area contributed by atoms with E-state index < -0.39 is 11.7 Å². The molecule has 0 spiro atoms. The molecule has 0 N–H and O–H groups in total. The number of fused-ring (bicyclic) bond motifs is 6. The van der Waals surface area contributed by atoms with E-state index in [1.54, 1.807) is 92.0 Å². The van der Waals surface area contributed by atoms with Crippen molar-refractivity contribution >= 4 is 43.6 Å². The van der Waals surface area contributed by atoms with Crippen LogP contribution in [0, 0.1) is 11.3 Å². The molecule has 0 atom stereocenters. The van der Waals surface area contributed by atoms with Crippen molar-refractivity contribution in [3.8, 4) is 74.1 Å². The molecule has 68 heavy (non-hydrogen) atoms. The molecule has 0 aliphatic carbocycles. The summed E-state index contributed by atoms with van der Waals surface area (Å²) >= 11 is 0. The van der Waals surface area contributed by atoms with Crippen LogP contribution < -0.4 is 0 Å². The summed E-state index contributed by atoms with van der Waals surface area (Å²) < 4.78 is 48.9. The van der Waals surface area contributed by atoms with Gasteiger partial charge in [-0.15, -0.1) is 0 Å². The monoisotopic (exact) mass is 889 g/mol. The van der Waals surface area contributed by atoms with Crippen LogP contribution in [0.5, 0.6) is 0 Å². The number of aromatic nitrogens is 10. The molecular formula is C54H30F3N11. The Labute approximate surface area is 384 Å². The molecule has 0 fully saturated rings. The van der Waals surface area contributed by atoms with Crippen LogP contribution >= 0.6 is 0 Å². The molecule has 0 bridgehead atoms. The maximum atomic E-state index is 14.9. The lowest BCUT2D eigenvalue weighted by Gasteiger charge is -2.21. The number of halogens is 3. The quantitative estimate of drug-likeness (QED) is 0.153. The van der Waals surface area contributed by atoms with Crippen LogP contribution in [-0.2, 0) is 6.18 Å². The molecule has 0 unspecified atom stereocenters. The van der Waals surface area contributed by atoms with E-state index in [2.05, 4.69) is 50.5 Å². The molecule has 12 aromatic rings. The summed E-state index contributed by atoms with van der Waals surface area (Å²) in [5, 5.41) is 14.3. The average molecular weight is 890 g/mol. The fraction of sp³-hybridized carbons (Fsp3) is 0.0185. The summed E-state index contributed by atoms with van der Waals surface area (Å²) in [7, 11) is 0. The topological polar surface area (TPSA) is 137 Å². The summed E-state index contributed by atoms with van der Waals surface area (Å²) in [6.07, 6.45) is 8.76. The summed E-state index contributed by atoms with van der Waals surface area (Å²) in [5.74, 6) is 2.11. The highest BCUT2D eigenvalue weighted by atomic mass is 19.4. The number of nitrogens with zero attached hydrogens (tertiary/aromatic N) is 11. The molecule has 6 heterocycles. The zero-order chi connectivity index (χ0) is 45.9. The maximum Gasteiger partial charge on any atom is 0.417 e. The standard InChI is InChI=1S/C54H30F3N11/c55-54(56,57)43-8-2-1-7-37(43)38-30-49(68-46-15-11-34(52-63-21-5-22-64-52)27-41(46)42-28-35(12-16-47(42)68)53-65-23-6-24-66-53)48(29-36(38)31-58)67-44-13-9-32(50-59-17-3-18-60-50)25-39(44)40-26-33(10-14-45(40)67)51-61-19-4-20-62-51/h1-30H. The third kappa shape index (κ3) is 6.68. The van der Waals surface area contributed by atoms with Crippen LogP contribution in [-0.4, -0.2) is 49.0 Å². The van der Waals surface area contributed by atoms with Gasteiger partial charge in [-0.1, -0.05) is 18.2 Å². The second-order valence-electron chi connectivity index (χ2n) is 15.9. The van der Waals surface area contributed by atoms with E-state index in [1.165, 1.54) is 12.1 Å². The molecule has 14 heteroatoms. The Morgan fingerprint density at radius 3 is 1.06 bits per heavy atom. The minimum atomic E-state index is -4.71. The first kappa shape index (κ1) is 40.1. The van der Waals surface area contributed by atoms with E-state index in [0.29, 0.717) is 34.7 Å². The fourth-order valence-corrected chi connectivity index (χ4v) is 9.13. The summed E-state index contributed by atoms with van der Waals surface area (Å²) in [5.41, 5.74) is 6.27. The van der Waals surface area contributed by atoms with Crippen LogP contribution in [0.3, 0.4) is 0 Å². The first-order chi connectivity index (χ1) is 33.3. The molecule has 6 aromatic heterocycles. The number of benzene rings is 6. The summed E-state index contributed by atoms with van der Waals surface area (Å²) in [4.78, 5) is 36.3. The predicted molar refractivity (Wildman–Crippen MR) is 254 cm³/mol. The molecule has 6 aromatic carbocycles. The molecule has 0 aliphatic heterocycles. The predicted octanol–water partition coefficient (Wildman–Crippen LogP) is 12.3. The van der Waals surface area contributed by atoms with E-state index in [4.69, 9.17) is 0 Å². The van der Waals surface area contributed by atoms with E-state index in [0.717, 1.165) is 71.9 Å². The van der Waals surface area contributed by atoms with Gasteiger partial charge in [0.25, 0.3) is 0 Å². The van der Waals surface area contributed by atoms with Gasteiger partial charge < -0.3 is 9.13 Å². The minimum absolute atomic E-state index is 0.0480. The van der Waals surface area contributed by atoms with Gasteiger partial charge in [0.1, 0.15) is 0 Å². The largest absolute Gasteiger partial charge is 0.417 e. The lowest BCUT2D eigenvalue weighted by molar-refractivity contribution is -0.137. The maximum absolute atomic E-state index is 14.9. The number of rotatable bonds is 7. The van der Waals surface area contributed by atoms with Gasteiger partial charge in [-0.3, -0.25) is 0 Å². The highest BCUT2D eigenvalue weighted by Crippen LogP contribution is 2.45. The van der Waals surface area contributed by atoms with Gasteiger partial charge in [0.2, 0.25) is 0 Å².